The van der Waals surface area contributed by atoms with E-state index in [1.54, 1.807) is 18.3 Å². The molecule has 0 aliphatic rings. The van der Waals surface area contributed by atoms with E-state index in [0.29, 0.717) is 5.56 Å². The van der Waals surface area contributed by atoms with Crippen LogP contribution < -0.4 is 21.7 Å². The zero-order valence-corrected chi connectivity index (χ0v) is 21.6. The predicted molar refractivity (Wildman–Crippen MR) is 145 cm³/mol. The summed E-state index contributed by atoms with van der Waals surface area (Å²) in [6.45, 7) is 1.30. The fourth-order valence-electron chi connectivity index (χ4n) is 3.82. The molecule has 3 rings (SSSR count). The number of H-pyrrole nitrogens is 1. The molecule has 4 unspecified atom stereocenters. The Kier molecular flexibility index (Phi) is 9.74. The Morgan fingerprint density at radius 1 is 0.921 bits per heavy atom. The summed E-state index contributed by atoms with van der Waals surface area (Å²) in [5, 5.41) is 27.3. The largest absolute Gasteiger partial charge is 0.508 e. The predicted octanol–water partition coefficient (Wildman–Crippen LogP) is 0.475. The van der Waals surface area contributed by atoms with Crippen LogP contribution in [-0.4, -0.2) is 68.8 Å². The van der Waals surface area contributed by atoms with E-state index in [1.807, 2.05) is 24.3 Å². The number of hydrogen-bond acceptors (Lipinski definition) is 7. The summed E-state index contributed by atoms with van der Waals surface area (Å²) in [6.07, 6.45) is 1.85. The van der Waals surface area contributed by atoms with E-state index in [9.17, 15) is 29.4 Å². The van der Waals surface area contributed by atoms with Crippen LogP contribution in [0.5, 0.6) is 5.75 Å². The van der Waals surface area contributed by atoms with Crippen LogP contribution in [0.15, 0.2) is 54.7 Å². The highest BCUT2D eigenvalue weighted by Gasteiger charge is 2.30. The van der Waals surface area contributed by atoms with Gasteiger partial charge < -0.3 is 36.9 Å². The van der Waals surface area contributed by atoms with E-state index < -0.39 is 47.9 Å². The number of aromatic amines is 1. The second-order valence-electron chi connectivity index (χ2n) is 8.91. The zero-order valence-electron chi connectivity index (χ0n) is 20.7. The van der Waals surface area contributed by atoms with E-state index in [2.05, 4.69) is 33.6 Å². The average Bonchev–Trinajstić information content (AvgIpc) is 3.31. The third-order valence-corrected chi connectivity index (χ3v) is 6.40. The third kappa shape index (κ3) is 7.49. The Hall–Kier alpha value is -4.03. The molecule has 0 saturated carbocycles. The van der Waals surface area contributed by atoms with Gasteiger partial charge in [0.25, 0.3) is 0 Å². The molecule has 8 N–H and O–H groups in total. The number of aromatic nitrogens is 1. The lowest BCUT2D eigenvalue weighted by atomic mass is 10.0. The first-order valence-electron chi connectivity index (χ1n) is 11.9. The summed E-state index contributed by atoms with van der Waals surface area (Å²) in [4.78, 5) is 53.5. The molecule has 0 bridgehead atoms. The number of aromatic hydroxyl groups is 1. The first-order chi connectivity index (χ1) is 18.1. The van der Waals surface area contributed by atoms with Crippen LogP contribution in [0, 0.1) is 0 Å². The molecule has 3 aromatic rings. The number of carboxylic acids is 1. The van der Waals surface area contributed by atoms with Crippen molar-refractivity contribution in [1.29, 1.82) is 0 Å². The molecule has 0 fully saturated rings. The lowest BCUT2D eigenvalue weighted by Gasteiger charge is -2.25. The summed E-state index contributed by atoms with van der Waals surface area (Å²) in [6, 6.07) is 9.09. The van der Waals surface area contributed by atoms with E-state index in [-0.39, 0.29) is 24.3 Å². The SMILES string of the molecule is CC(NC(=O)C(Cc1ccc(O)cc1)NC(=O)C(Cc1c[nH]c2ccccc12)NC(=O)C(N)CS)C(=O)O. The van der Waals surface area contributed by atoms with Crippen LogP contribution in [-0.2, 0) is 32.0 Å². The van der Waals surface area contributed by atoms with Crippen LogP contribution >= 0.6 is 12.6 Å². The number of aliphatic carboxylic acids is 1. The van der Waals surface area contributed by atoms with Crippen LogP contribution in [0.3, 0.4) is 0 Å². The topological polar surface area (TPSA) is 187 Å². The number of para-hydroxylation sites is 1. The minimum absolute atomic E-state index is 0.00803. The Morgan fingerprint density at radius 3 is 2.18 bits per heavy atom. The van der Waals surface area contributed by atoms with Crippen molar-refractivity contribution in [2.24, 2.45) is 5.73 Å². The normalized spacial score (nSPS) is 14.2. The van der Waals surface area contributed by atoms with E-state index in [4.69, 9.17) is 5.73 Å². The number of nitrogens with one attached hydrogen (secondary N) is 4. The summed E-state index contributed by atoms with van der Waals surface area (Å²) >= 11 is 4.05. The van der Waals surface area contributed by atoms with Gasteiger partial charge in [0.1, 0.15) is 23.9 Å². The van der Waals surface area contributed by atoms with Crippen molar-refractivity contribution in [3.05, 3.63) is 65.9 Å². The number of carboxylic acid groups (broad SMARTS) is 1. The number of nitrogens with two attached hydrogens (primary N) is 1. The molecule has 1 aromatic heterocycles. The van der Waals surface area contributed by atoms with Crippen molar-refractivity contribution in [2.45, 2.75) is 43.9 Å². The molecule has 12 heteroatoms. The van der Waals surface area contributed by atoms with Crippen molar-refractivity contribution in [3.8, 4) is 5.75 Å². The molecule has 0 aliphatic carbocycles. The molecule has 202 valence electrons. The molecule has 4 atom stereocenters. The second-order valence-corrected chi connectivity index (χ2v) is 9.28. The number of fused-ring (bicyclic) bond motifs is 1. The molecule has 1 heterocycles. The summed E-state index contributed by atoms with van der Waals surface area (Å²) < 4.78 is 0. The first-order valence-corrected chi connectivity index (χ1v) is 12.6. The van der Waals surface area contributed by atoms with Crippen molar-refractivity contribution < 1.29 is 29.4 Å². The number of phenolic OH excluding ortho intramolecular Hbond substituents is 1. The summed E-state index contributed by atoms with van der Waals surface area (Å²) in [7, 11) is 0. The van der Waals surface area contributed by atoms with Gasteiger partial charge in [0.15, 0.2) is 0 Å². The van der Waals surface area contributed by atoms with Crippen molar-refractivity contribution >= 4 is 47.2 Å². The Labute approximate surface area is 224 Å². The number of thiol groups is 1. The molecule has 11 nitrogen and oxygen atoms in total. The van der Waals surface area contributed by atoms with Gasteiger partial charge in [-0.3, -0.25) is 19.2 Å². The van der Waals surface area contributed by atoms with Gasteiger partial charge in [0.2, 0.25) is 17.7 Å². The van der Waals surface area contributed by atoms with Gasteiger partial charge in [0.05, 0.1) is 6.04 Å². The number of hydrogen-bond donors (Lipinski definition) is 8. The summed E-state index contributed by atoms with van der Waals surface area (Å²) in [5.74, 6) is -3.10. The van der Waals surface area contributed by atoms with Gasteiger partial charge in [-0.05, 0) is 36.2 Å². The molecule has 2 aromatic carbocycles. The van der Waals surface area contributed by atoms with Gasteiger partial charge in [-0.2, -0.15) is 12.6 Å². The van der Waals surface area contributed by atoms with Crippen LogP contribution in [0.2, 0.25) is 0 Å². The van der Waals surface area contributed by atoms with E-state index >= 15 is 0 Å². The maximum atomic E-state index is 13.5. The average molecular weight is 542 g/mol. The highest BCUT2D eigenvalue weighted by atomic mass is 32.1. The summed E-state index contributed by atoms with van der Waals surface area (Å²) in [5.41, 5.74) is 8.04. The number of benzene rings is 2. The van der Waals surface area contributed by atoms with Crippen molar-refractivity contribution in [1.82, 2.24) is 20.9 Å². The van der Waals surface area contributed by atoms with Crippen LogP contribution in [0.1, 0.15) is 18.1 Å². The van der Waals surface area contributed by atoms with Gasteiger partial charge in [0, 0.05) is 35.7 Å². The van der Waals surface area contributed by atoms with Crippen molar-refractivity contribution in [2.75, 3.05) is 5.75 Å². The molecule has 0 spiro atoms. The molecule has 0 saturated heterocycles. The Bertz CT molecular complexity index is 1290. The fraction of sp³-hybridized carbons (Fsp3) is 0.308. The molecular weight excluding hydrogens is 510 g/mol. The quantitative estimate of drug-likeness (QED) is 0.153. The Balaban J connectivity index is 1.87. The lowest BCUT2D eigenvalue weighted by molar-refractivity contribution is -0.141. The first kappa shape index (κ1) is 28.5. The van der Waals surface area contributed by atoms with Crippen LogP contribution in [0.4, 0.5) is 0 Å². The highest BCUT2D eigenvalue weighted by Crippen LogP contribution is 2.19. The maximum Gasteiger partial charge on any atom is 0.325 e. The monoisotopic (exact) mass is 541 g/mol. The highest BCUT2D eigenvalue weighted by molar-refractivity contribution is 7.80. The molecule has 0 radical (unpaired) electrons. The smallest absolute Gasteiger partial charge is 0.325 e. The number of rotatable bonds is 12. The second kappa shape index (κ2) is 13.0. The Morgan fingerprint density at radius 2 is 1.53 bits per heavy atom. The number of amides is 3. The zero-order chi connectivity index (χ0) is 27.8. The lowest BCUT2D eigenvalue weighted by Crippen LogP contribution is -2.58. The molecule has 3 amide bonds. The van der Waals surface area contributed by atoms with Gasteiger partial charge in [-0.1, -0.05) is 30.3 Å². The third-order valence-electron chi connectivity index (χ3n) is 6.00. The fourth-order valence-corrected chi connectivity index (χ4v) is 3.98. The van der Waals surface area contributed by atoms with Gasteiger partial charge in [-0.15, -0.1) is 0 Å². The van der Waals surface area contributed by atoms with Crippen LogP contribution in [0.25, 0.3) is 10.9 Å². The molecular formula is C26H31N5O6S. The number of carbonyl (C=O) groups excluding carboxylic acids is 3. The van der Waals surface area contributed by atoms with E-state index in [1.165, 1.54) is 19.1 Å². The minimum Gasteiger partial charge on any atom is -0.508 e. The number of phenols is 1. The maximum absolute atomic E-state index is 13.5. The molecule has 0 aliphatic heterocycles. The van der Waals surface area contributed by atoms with Gasteiger partial charge >= 0.3 is 5.97 Å². The standard InChI is InChI=1S/C26H31N5O6S/c1-14(26(36)37)29-24(34)21(10-15-6-8-17(32)9-7-15)31-25(35)22(30-23(33)19(27)13-38)11-16-12-28-20-5-3-2-4-18(16)20/h2-9,12,14,19,21-22,28,32,38H,10-11,13,27H2,1H3,(H,29,34)(H,30,33)(H,31,35)(H,36,37). The number of carbonyl (C=O) groups is 4. The van der Waals surface area contributed by atoms with Crippen molar-refractivity contribution in [3.63, 3.8) is 0 Å². The van der Waals surface area contributed by atoms with Gasteiger partial charge in [-0.25, -0.2) is 0 Å². The van der Waals surface area contributed by atoms with E-state index in [0.717, 1.165) is 16.5 Å². The molecule has 38 heavy (non-hydrogen) atoms. The minimum atomic E-state index is -1.24.